The van der Waals surface area contributed by atoms with Crippen LogP contribution in [0.3, 0.4) is 0 Å². The van der Waals surface area contributed by atoms with Crippen molar-refractivity contribution in [3.05, 3.63) is 185 Å². The fraction of sp³-hybridized carbons (Fsp3) is 0.167. The van der Waals surface area contributed by atoms with Crippen molar-refractivity contribution in [2.45, 2.75) is 49.1 Å². The number of fused-ring (bicyclic) bond motifs is 8. The molecule has 4 aliphatic heterocycles. The molecule has 0 unspecified atom stereocenters. The van der Waals surface area contributed by atoms with Crippen LogP contribution in [-0.2, 0) is 9.47 Å². The Morgan fingerprint density at radius 3 is 1.25 bits per heavy atom. The van der Waals surface area contributed by atoms with E-state index in [4.69, 9.17) is 19.4 Å². The summed E-state index contributed by atoms with van der Waals surface area (Å²) < 4.78 is 43.6. The van der Waals surface area contributed by atoms with Gasteiger partial charge in [0.15, 0.2) is 12.5 Å². The van der Waals surface area contributed by atoms with Gasteiger partial charge in [0.25, 0.3) is 11.1 Å². The van der Waals surface area contributed by atoms with Gasteiger partial charge in [-0.2, -0.15) is 0 Å². The summed E-state index contributed by atoms with van der Waals surface area (Å²) in [5.74, 6) is -1.00. The van der Waals surface area contributed by atoms with Gasteiger partial charge in [-0.05, 0) is 84.0 Å². The second-order valence-electron chi connectivity index (χ2n) is 16.5. The van der Waals surface area contributed by atoms with E-state index in [-0.39, 0.29) is 17.0 Å². The van der Waals surface area contributed by atoms with E-state index in [1.54, 1.807) is 72.8 Å². The van der Waals surface area contributed by atoms with E-state index in [0.717, 1.165) is 33.7 Å². The Morgan fingerprint density at radius 2 is 0.838 bits per heavy atom. The van der Waals surface area contributed by atoms with Gasteiger partial charge in [-0.3, -0.25) is 28.7 Å². The molecule has 0 radical (unpaired) electrons. The first-order chi connectivity index (χ1) is 32.8. The Hall–Kier alpha value is -7.98. The average Bonchev–Trinajstić information content (AvgIpc) is 4.20. The monoisotopic (exact) mass is 922 g/mol. The van der Waals surface area contributed by atoms with Crippen molar-refractivity contribution < 1.29 is 38.7 Å². The number of aromatic nitrogens is 8. The van der Waals surface area contributed by atoms with Crippen molar-refractivity contribution in [2.75, 3.05) is 0 Å². The normalized spacial score (nSPS) is 23.1. The molecule has 8 N–H and O–H groups in total. The maximum Gasteiger partial charge on any atom is 0.330 e. The zero-order valence-electron chi connectivity index (χ0n) is 34.9. The summed E-state index contributed by atoms with van der Waals surface area (Å²) in [5, 5.41) is 46.4. The van der Waals surface area contributed by atoms with Crippen molar-refractivity contribution in [3.8, 4) is 22.3 Å². The highest BCUT2D eigenvalue weighted by Crippen LogP contribution is 2.45. The predicted octanol–water partition coefficient (Wildman–Crippen LogP) is 3.95. The van der Waals surface area contributed by atoms with E-state index in [2.05, 4.69) is 19.9 Å². The Balaban J connectivity index is 1.21. The maximum atomic E-state index is 14.5. The van der Waals surface area contributed by atoms with E-state index in [1.807, 2.05) is 0 Å². The summed E-state index contributed by atoms with van der Waals surface area (Å²) in [6, 6.07) is 20.4. The Labute approximate surface area is 379 Å². The predicted molar refractivity (Wildman–Crippen MR) is 242 cm³/mol. The number of benzene rings is 2. The summed E-state index contributed by atoms with van der Waals surface area (Å²) in [4.78, 5) is 70.9. The molecule has 68 heavy (non-hydrogen) atoms. The van der Waals surface area contributed by atoms with Gasteiger partial charge < -0.3 is 39.9 Å². The lowest BCUT2D eigenvalue weighted by Crippen LogP contribution is -2.37. The van der Waals surface area contributed by atoms with Crippen molar-refractivity contribution in [3.63, 3.8) is 0 Å². The number of aliphatic hydroxyl groups is 4. The van der Waals surface area contributed by atoms with Crippen LogP contribution in [0.1, 0.15) is 58.6 Å². The molecule has 9 heterocycles. The number of hydrogen-bond donors (Lipinski definition) is 8. The van der Waals surface area contributed by atoms with Crippen molar-refractivity contribution in [1.82, 2.24) is 39.0 Å². The Bertz CT molecular complexity index is 3520. The molecule has 4 aliphatic rings. The molecule has 0 spiro atoms. The number of ether oxygens (including phenoxy) is 2. The van der Waals surface area contributed by atoms with Crippen LogP contribution in [0.15, 0.2) is 117 Å². The zero-order valence-corrected chi connectivity index (χ0v) is 34.9. The number of nitrogens with zero attached hydrogens (tertiary/aromatic N) is 4. The third kappa shape index (κ3) is 7.19. The van der Waals surface area contributed by atoms with E-state index in [1.165, 1.54) is 24.3 Å². The van der Waals surface area contributed by atoms with Gasteiger partial charge in [-0.15, -0.1) is 0 Å². The van der Waals surface area contributed by atoms with E-state index in [0.29, 0.717) is 61.3 Å². The topological polar surface area (TPSA) is 266 Å². The summed E-state index contributed by atoms with van der Waals surface area (Å²) in [7, 11) is 0. The van der Waals surface area contributed by atoms with Crippen LogP contribution in [0.2, 0.25) is 0 Å². The summed E-state index contributed by atoms with van der Waals surface area (Å²) in [5.41, 5.74) is 2.05. The molecule has 0 aliphatic carbocycles. The van der Waals surface area contributed by atoms with Gasteiger partial charge in [0.2, 0.25) is 0 Å². The molecule has 18 nitrogen and oxygen atoms in total. The quantitative estimate of drug-likeness (QED) is 0.118. The third-order valence-electron chi connectivity index (χ3n) is 12.4. The molecule has 8 atom stereocenters. The van der Waals surface area contributed by atoms with Crippen LogP contribution in [0, 0.1) is 11.6 Å². The minimum Gasteiger partial charge on any atom is -0.387 e. The molecule has 11 rings (SSSR count). The standard InChI is InChI=1S/C48H36F2N8O10/c49-23-5-1-21(2-6-23)35-25-9-13-29(51-25)37(43-39(61)41(63)45(67-43)57-19-17-33(59)55-47(57)65)31-15-11-27(53-31)36(22-3-7-24(50)8-4-22)28-12-16-32(54-28)38(30-14-10-26(35)52-30)44-40(62)42(64)46(68-44)58-20-18-34(60)56-48(58)66/h1-20,39-46,51,53,61-64H,(H,55,59,65)(H,56,60,66)/t39-,40-,41+,42+,43+,44+,45+,46+/m0/s1. The summed E-state index contributed by atoms with van der Waals surface area (Å²) >= 11 is 0. The number of aliphatic hydroxyl groups excluding tert-OH is 4. The average molecular weight is 923 g/mol. The van der Waals surface area contributed by atoms with Crippen LogP contribution in [0.5, 0.6) is 0 Å². The first-order valence-electron chi connectivity index (χ1n) is 21.2. The van der Waals surface area contributed by atoms with Gasteiger partial charge in [0.05, 0.1) is 22.8 Å². The number of nitrogens with one attached hydrogen (secondary N) is 4. The van der Waals surface area contributed by atoms with Crippen molar-refractivity contribution in [1.29, 1.82) is 0 Å². The molecule has 2 fully saturated rings. The molecular weight excluding hydrogens is 887 g/mol. The lowest BCUT2D eigenvalue weighted by molar-refractivity contribution is -0.0410. The first kappa shape index (κ1) is 42.6. The number of rotatable bonds is 6. The molecule has 20 heteroatoms. The van der Waals surface area contributed by atoms with Crippen molar-refractivity contribution in [2.24, 2.45) is 0 Å². The van der Waals surface area contributed by atoms with E-state index in [9.17, 15) is 48.4 Å². The molecule has 7 aromatic rings. The van der Waals surface area contributed by atoms with E-state index < -0.39 is 83.2 Å². The fourth-order valence-corrected chi connectivity index (χ4v) is 9.20. The lowest BCUT2D eigenvalue weighted by Gasteiger charge is -2.17. The van der Waals surface area contributed by atoms with E-state index >= 15 is 0 Å². The Kier molecular flexibility index (Phi) is 10.3. The smallest absolute Gasteiger partial charge is 0.330 e. The number of hydrogen-bond acceptors (Lipinski definition) is 12. The number of H-pyrrole nitrogens is 4. The highest BCUT2D eigenvalue weighted by atomic mass is 19.1. The third-order valence-corrected chi connectivity index (χ3v) is 12.4. The van der Waals surface area contributed by atoms with Crippen LogP contribution in [-0.4, -0.2) is 83.9 Å². The van der Waals surface area contributed by atoms with Gasteiger partial charge in [-0.25, -0.2) is 28.3 Å². The van der Waals surface area contributed by atoms with Gasteiger partial charge >= 0.3 is 11.4 Å². The zero-order chi connectivity index (χ0) is 47.1. The molecule has 0 amide bonds. The fourth-order valence-electron chi connectivity index (χ4n) is 9.20. The van der Waals surface area contributed by atoms with Gasteiger partial charge in [0.1, 0.15) is 48.3 Å². The van der Waals surface area contributed by atoms with Crippen LogP contribution in [0.4, 0.5) is 8.78 Å². The van der Waals surface area contributed by atoms with Crippen LogP contribution >= 0.6 is 0 Å². The largest absolute Gasteiger partial charge is 0.387 e. The second kappa shape index (κ2) is 16.4. The molecular formula is C48H36F2N8O10. The highest BCUT2D eigenvalue weighted by Gasteiger charge is 2.48. The summed E-state index contributed by atoms with van der Waals surface area (Å²) in [6.07, 6.45) is -3.31. The molecule has 0 saturated carbocycles. The lowest BCUT2D eigenvalue weighted by atomic mass is 9.99. The maximum absolute atomic E-state index is 14.5. The molecule has 2 aromatic carbocycles. The second-order valence-corrected chi connectivity index (χ2v) is 16.5. The molecule has 342 valence electrons. The first-order valence-corrected chi connectivity index (χ1v) is 21.2. The Morgan fingerprint density at radius 1 is 0.456 bits per heavy atom. The molecule has 2 saturated heterocycles. The van der Waals surface area contributed by atoms with Crippen LogP contribution in [0.25, 0.3) is 68.6 Å². The molecule has 5 aromatic heterocycles. The van der Waals surface area contributed by atoms with Gasteiger partial charge in [-0.1, -0.05) is 24.3 Å². The van der Waals surface area contributed by atoms with Crippen molar-refractivity contribution >= 4 is 46.4 Å². The number of aromatic amines is 4. The van der Waals surface area contributed by atoms with Crippen LogP contribution < -0.4 is 22.5 Å². The molecule has 8 bridgehead atoms. The minimum atomic E-state index is -1.68. The minimum absolute atomic E-state index is 0.204. The summed E-state index contributed by atoms with van der Waals surface area (Å²) in [6.45, 7) is 0. The SMILES string of the molecule is O=c1ccn([C@@H]2O[C@H](c3c4nc(c(-c5ccc(F)cc5)c5ccc([nH]5)c([C@H]5O[C@@H](n6ccc(=O)[nH]c6=O)[C@H](O)[C@@H]5O)c5ccc([nH]5)c(-c5ccc(F)cc5)c5nc3C=C5)C=C4)[C@@H](O)[C@H]2O)c(=O)[nH]1. The highest BCUT2D eigenvalue weighted by molar-refractivity contribution is 5.94. The van der Waals surface area contributed by atoms with Gasteiger partial charge in [0, 0.05) is 68.8 Å². The number of halogens is 2.